The summed E-state index contributed by atoms with van der Waals surface area (Å²) in [5.41, 5.74) is 0. The third-order valence-corrected chi connectivity index (χ3v) is 0.804. The molecule has 0 bridgehead atoms. The highest BCUT2D eigenvalue weighted by molar-refractivity contribution is 5.29. The molecule has 0 saturated carbocycles. The summed E-state index contributed by atoms with van der Waals surface area (Å²) in [6.07, 6.45) is 3.45. The smallest absolute Gasteiger partial charge is 0.125 e. The Bertz CT molecular complexity index is 125. The largest absolute Gasteiger partial charge is 0.370 e. The first-order valence-corrected chi connectivity index (χ1v) is 2.88. The molecule has 0 fully saturated rings. The van der Waals surface area contributed by atoms with Crippen LogP contribution in [0, 0.1) is 0 Å². The van der Waals surface area contributed by atoms with Gasteiger partial charge in [-0.05, 0) is 19.7 Å². The summed E-state index contributed by atoms with van der Waals surface area (Å²) < 4.78 is 0. The molecule has 0 aliphatic carbocycles. The molecular formula is C7H12N2. The van der Waals surface area contributed by atoms with Gasteiger partial charge in [0, 0.05) is 6.54 Å². The van der Waals surface area contributed by atoms with Crippen molar-refractivity contribution in [3.63, 3.8) is 0 Å². The van der Waals surface area contributed by atoms with Gasteiger partial charge in [0.05, 0.1) is 0 Å². The average Bonchev–Trinajstić information content (AvgIpc) is 1.88. The van der Waals surface area contributed by atoms with Crippen molar-refractivity contribution in [2.24, 2.45) is 4.99 Å². The third kappa shape index (κ3) is 3.53. The van der Waals surface area contributed by atoms with Gasteiger partial charge in [0.2, 0.25) is 0 Å². The van der Waals surface area contributed by atoms with Crippen LogP contribution in [0.15, 0.2) is 29.5 Å². The van der Waals surface area contributed by atoms with Gasteiger partial charge in [0.1, 0.15) is 5.82 Å². The van der Waals surface area contributed by atoms with Crippen molar-refractivity contribution in [2.45, 2.75) is 6.92 Å². The van der Waals surface area contributed by atoms with E-state index in [0.29, 0.717) is 0 Å². The van der Waals surface area contributed by atoms with E-state index < -0.39 is 0 Å². The molecule has 0 aromatic heterocycles. The zero-order valence-electron chi connectivity index (χ0n) is 5.72. The molecule has 50 valence electrons. The minimum Gasteiger partial charge on any atom is -0.370 e. The monoisotopic (exact) mass is 124 g/mol. The summed E-state index contributed by atoms with van der Waals surface area (Å²) in [7, 11) is 0. The van der Waals surface area contributed by atoms with Crippen LogP contribution in [0.5, 0.6) is 0 Å². The number of allylic oxidation sites excluding steroid dienone is 2. The Morgan fingerprint density at radius 1 is 1.78 bits per heavy atom. The zero-order valence-corrected chi connectivity index (χ0v) is 5.72. The van der Waals surface area contributed by atoms with E-state index in [1.165, 1.54) is 0 Å². The van der Waals surface area contributed by atoms with Crippen molar-refractivity contribution in [1.29, 1.82) is 0 Å². The van der Waals surface area contributed by atoms with Crippen molar-refractivity contribution in [3.8, 4) is 0 Å². The van der Waals surface area contributed by atoms with Gasteiger partial charge in [-0.2, -0.15) is 0 Å². The lowest BCUT2D eigenvalue weighted by molar-refractivity contribution is 0.844. The van der Waals surface area contributed by atoms with Crippen LogP contribution in [-0.4, -0.2) is 13.3 Å². The van der Waals surface area contributed by atoms with E-state index in [0.717, 1.165) is 12.4 Å². The van der Waals surface area contributed by atoms with Crippen LogP contribution in [0.2, 0.25) is 0 Å². The highest BCUT2D eigenvalue weighted by atomic mass is 15.0. The summed E-state index contributed by atoms with van der Waals surface area (Å²) in [6.45, 7) is 9.76. The van der Waals surface area contributed by atoms with Gasteiger partial charge in [0.15, 0.2) is 0 Å². The van der Waals surface area contributed by atoms with Crippen LogP contribution in [0.4, 0.5) is 0 Å². The predicted octanol–water partition coefficient (Wildman–Crippen LogP) is 1.32. The first-order chi connectivity index (χ1) is 4.35. The fourth-order valence-corrected chi connectivity index (χ4v) is 0.460. The van der Waals surface area contributed by atoms with E-state index in [-0.39, 0.29) is 0 Å². The second kappa shape index (κ2) is 5.09. The lowest BCUT2D eigenvalue weighted by Gasteiger charge is -1.98. The molecule has 2 heteroatoms. The van der Waals surface area contributed by atoms with Crippen LogP contribution in [-0.2, 0) is 0 Å². The minimum absolute atomic E-state index is 0.771. The molecule has 0 heterocycles. The molecule has 0 aliphatic rings. The molecule has 0 unspecified atom stereocenters. The van der Waals surface area contributed by atoms with E-state index in [4.69, 9.17) is 0 Å². The van der Waals surface area contributed by atoms with E-state index in [1.54, 1.807) is 12.2 Å². The molecule has 0 atom stereocenters. The molecule has 0 rings (SSSR count). The highest BCUT2D eigenvalue weighted by Crippen LogP contribution is 1.87. The van der Waals surface area contributed by atoms with Gasteiger partial charge in [-0.1, -0.05) is 12.7 Å². The molecule has 0 radical (unpaired) electrons. The van der Waals surface area contributed by atoms with E-state index >= 15 is 0 Å². The first kappa shape index (κ1) is 7.95. The van der Waals surface area contributed by atoms with Crippen LogP contribution in [0.25, 0.3) is 0 Å². The quantitative estimate of drug-likeness (QED) is 0.443. The van der Waals surface area contributed by atoms with E-state index in [9.17, 15) is 0 Å². The Hall–Kier alpha value is -1.05. The number of rotatable bonds is 4. The Morgan fingerprint density at radius 2 is 2.44 bits per heavy atom. The third-order valence-electron chi connectivity index (χ3n) is 0.804. The fraction of sp³-hybridized carbons (Fsp3) is 0.286. The maximum absolute atomic E-state index is 3.70. The molecule has 2 nitrogen and oxygen atoms in total. The normalized spacial score (nSPS) is 10.6. The Kier molecular flexibility index (Phi) is 4.50. The number of hydrogen-bond donors (Lipinski definition) is 1. The highest BCUT2D eigenvalue weighted by Gasteiger charge is 1.82. The maximum atomic E-state index is 3.70. The van der Waals surface area contributed by atoms with Crippen LogP contribution < -0.4 is 5.32 Å². The lowest BCUT2D eigenvalue weighted by Crippen LogP contribution is -2.09. The molecule has 0 aromatic rings. The number of aliphatic imine (C=N–C) groups is 1. The Morgan fingerprint density at radius 3 is 2.78 bits per heavy atom. The van der Waals surface area contributed by atoms with Gasteiger partial charge < -0.3 is 5.32 Å². The maximum Gasteiger partial charge on any atom is 0.125 e. The molecule has 1 N–H and O–H groups in total. The van der Waals surface area contributed by atoms with Crippen molar-refractivity contribution >= 4 is 6.72 Å². The van der Waals surface area contributed by atoms with Crippen LogP contribution in [0.1, 0.15) is 6.92 Å². The van der Waals surface area contributed by atoms with Crippen molar-refractivity contribution in [3.05, 3.63) is 24.6 Å². The molecule has 0 aliphatic heterocycles. The average molecular weight is 124 g/mol. The number of hydrogen-bond acceptors (Lipinski definition) is 2. The molecular weight excluding hydrogens is 112 g/mol. The topological polar surface area (TPSA) is 24.4 Å². The number of nitrogens with one attached hydrogen (secondary N) is 1. The molecule has 0 amide bonds. The summed E-state index contributed by atoms with van der Waals surface area (Å²) in [6, 6.07) is 0. The van der Waals surface area contributed by atoms with E-state index in [2.05, 4.69) is 23.6 Å². The molecule has 9 heavy (non-hydrogen) atoms. The fourth-order valence-electron chi connectivity index (χ4n) is 0.460. The van der Waals surface area contributed by atoms with Gasteiger partial charge in [-0.3, -0.25) is 0 Å². The number of nitrogens with zero attached hydrogens (tertiary/aromatic N) is 1. The summed E-state index contributed by atoms with van der Waals surface area (Å²) in [5.74, 6) is 0.771. The van der Waals surface area contributed by atoms with Gasteiger partial charge in [0.25, 0.3) is 0 Å². The molecule has 0 spiro atoms. The summed E-state index contributed by atoms with van der Waals surface area (Å²) >= 11 is 0. The second-order valence-electron chi connectivity index (χ2n) is 1.48. The lowest BCUT2D eigenvalue weighted by atomic mass is 10.5. The standard InChI is InChI=1S/C7H12N2/c1-4-6-7(8-3)9-5-2/h4,6,9H,1,3,5H2,2H3/b7-6+. The molecule has 0 aromatic carbocycles. The van der Waals surface area contributed by atoms with Crippen molar-refractivity contribution in [1.82, 2.24) is 5.32 Å². The van der Waals surface area contributed by atoms with Gasteiger partial charge in [-0.15, -0.1) is 0 Å². The van der Waals surface area contributed by atoms with Crippen molar-refractivity contribution in [2.75, 3.05) is 6.54 Å². The molecule has 0 saturated heterocycles. The van der Waals surface area contributed by atoms with Crippen LogP contribution >= 0.6 is 0 Å². The predicted molar refractivity (Wildman–Crippen MR) is 41.5 cm³/mol. The zero-order chi connectivity index (χ0) is 7.11. The van der Waals surface area contributed by atoms with Crippen molar-refractivity contribution < 1.29 is 0 Å². The van der Waals surface area contributed by atoms with Gasteiger partial charge in [-0.25, -0.2) is 4.99 Å². The summed E-state index contributed by atoms with van der Waals surface area (Å²) in [4.78, 5) is 3.70. The Labute approximate surface area is 56.0 Å². The van der Waals surface area contributed by atoms with Gasteiger partial charge >= 0.3 is 0 Å². The summed E-state index contributed by atoms with van der Waals surface area (Å²) in [5, 5.41) is 2.99. The van der Waals surface area contributed by atoms with E-state index in [1.807, 2.05) is 6.92 Å². The minimum atomic E-state index is 0.771. The Balaban J connectivity index is 3.80. The SMILES string of the molecule is C=C/C=C(\N=C)NCC. The second-order valence-corrected chi connectivity index (χ2v) is 1.48. The first-order valence-electron chi connectivity index (χ1n) is 2.88. The van der Waals surface area contributed by atoms with Crippen LogP contribution in [0.3, 0.4) is 0 Å².